The summed E-state index contributed by atoms with van der Waals surface area (Å²) in [5.74, 6) is 4.37. The third-order valence-electron chi connectivity index (χ3n) is 7.13. The summed E-state index contributed by atoms with van der Waals surface area (Å²) in [6, 6.07) is 8.19. The smallest absolute Gasteiger partial charge is 0.274 e. The molecular weight excluding hydrogens is 352 g/mol. The third-order valence-corrected chi connectivity index (χ3v) is 7.13. The fraction of sp³-hybridized carbons (Fsp3) is 0.565. The Morgan fingerprint density at radius 2 is 1.71 bits per heavy atom. The Labute approximate surface area is 165 Å². The van der Waals surface area contributed by atoms with Crippen LogP contribution in [0.2, 0.25) is 0 Å². The number of amides is 1. The van der Waals surface area contributed by atoms with Gasteiger partial charge in [-0.05, 0) is 81.8 Å². The minimum atomic E-state index is -0.114. The van der Waals surface area contributed by atoms with Crippen LogP contribution in [0.3, 0.4) is 0 Å². The maximum Gasteiger partial charge on any atom is 0.274 e. The average molecular weight is 380 g/mol. The highest BCUT2D eigenvalue weighted by atomic mass is 16.5. The second kappa shape index (κ2) is 6.94. The molecule has 0 spiro atoms. The zero-order valence-corrected chi connectivity index (χ0v) is 16.6. The minimum absolute atomic E-state index is 0.114. The topological polar surface area (TPSA) is 64.4 Å². The zero-order chi connectivity index (χ0) is 19.3. The van der Waals surface area contributed by atoms with E-state index in [-0.39, 0.29) is 12.5 Å². The summed E-state index contributed by atoms with van der Waals surface area (Å²) in [6.45, 7) is 4.16. The molecule has 6 rings (SSSR count). The Balaban J connectivity index is 1.28. The lowest BCUT2D eigenvalue weighted by Gasteiger charge is -2.54. The van der Waals surface area contributed by atoms with E-state index in [0.29, 0.717) is 29.3 Å². The van der Waals surface area contributed by atoms with Gasteiger partial charge in [0.1, 0.15) is 18.1 Å². The van der Waals surface area contributed by atoms with Crippen LogP contribution in [0.5, 0.6) is 5.75 Å². The van der Waals surface area contributed by atoms with Crippen LogP contribution in [0.1, 0.15) is 59.5 Å². The van der Waals surface area contributed by atoms with Crippen molar-refractivity contribution >= 4 is 5.91 Å². The number of rotatable bonds is 5. The zero-order valence-electron chi connectivity index (χ0n) is 16.6. The number of hydrogen-bond acceptors (Lipinski definition) is 4. The molecule has 4 saturated carbocycles. The number of aryl methyl sites for hydroxylation is 2. The maximum absolute atomic E-state index is 13.0. The van der Waals surface area contributed by atoms with Crippen molar-refractivity contribution in [3.05, 3.63) is 46.8 Å². The minimum Gasteiger partial charge on any atom is -0.489 e. The lowest BCUT2D eigenvalue weighted by atomic mass is 9.54. The van der Waals surface area contributed by atoms with Gasteiger partial charge in [0.25, 0.3) is 5.91 Å². The monoisotopic (exact) mass is 380 g/mol. The molecule has 1 amide bonds. The first-order valence-electron chi connectivity index (χ1n) is 10.5. The van der Waals surface area contributed by atoms with Crippen molar-refractivity contribution in [3.63, 3.8) is 0 Å². The van der Waals surface area contributed by atoms with Gasteiger partial charge in [-0.25, -0.2) is 0 Å². The molecule has 1 aromatic carbocycles. The van der Waals surface area contributed by atoms with E-state index in [4.69, 9.17) is 9.26 Å². The van der Waals surface area contributed by atoms with Crippen molar-refractivity contribution in [2.45, 2.75) is 58.6 Å². The fourth-order valence-electron chi connectivity index (χ4n) is 5.91. The summed E-state index contributed by atoms with van der Waals surface area (Å²) >= 11 is 0. The van der Waals surface area contributed by atoms with E-state index < -0.39 is 0 Å². The SMILES string of the molecule is Cc1ccc(OCc2c(C(=O)NC3C4CC5CC(C4)CC3C5)noc2C)cc1. The Kier molecular flexibility index (Phi) is 4.41. The first kappa shape index (κ1) is 17.8. The van der Waals surface area contributed by atoms with Crippen LogP contribution in [-0.4, -0.2) is 17.1 Å². The maximum atomic E-state index is 13.0. The summed E-state index contributed by atoms with van der Waals surface area (Å²) < 4.78 is 11.2. The molecule has 0 atom stereocenters. The molecule has 4 aliphatic carbocycles. The molecule has 4 fully saturated rings. The number of nitrogens with zero attached hydrogens (tertiary/aromatic N) is 1. The van der Waals surface area contributed by atoms with E-state index in [9.17, 15) is 4.79 Å². The van der Waals surface area contributed by atoms with Gasteiger partial charge in [-0.15, -0.1) is 0 Å². The summed E-state index contributed by atoms with van der Waals surface area (Å²) in [6.07, 6.45) is 6.52. The van der Waals surface area contributed by atoms with E-state index in [2.05, 4.69) is 10.5 Å². The van der Waals surface area contributed by atoms with Gasteiger partial charge in [-0.2, -0.15) is 0 Å². The molecule has 4 aliphatic rings. The number of carbonyl (C=O) groups excluding carboxylic acids is 1. The van der Waals surface area contributed by atoms with Crippen molar-refractivity contribution in [2.75, 3.05) is 0 Å². The van der Waals surface area contributed by atoms with Gasteiger partial charge in [0.2, 0.25) is 0 Å². The molecule has 28 heavy (non-hydrogen) atoms. The van der Waals surface area contributed by atoms with Crippen LogP contribution in [0.4, 0.5) is 0 Å². The molecule has 0 unspecified atom stereocenters. The Morgan fingerprint density at radius 1 is 1.07 bits per heavy atom. The Morgan fingerprint density at radius 3 is 2.36 bits per heavy atom. The van der Waals surface area contributed by atoms with Gasteiger partial charge < -0.3 is 14.6 Å². The second-order valence-corrected chi connectivity index (χ2v) is 9.10. The first-order valence-corrected chi connectivity index (χ1v) is 10.5. The van der Waals surface area contributed by atoms with E-state index in [1.54, 1.807) is 0 Å². The van der Waals surface area contributed by atoms with E-state index in [1.807, 2.05) is 38.1 Å². The first-order chi connectivity index (χ1) is 13.6. The predicted molar refractivity (Wildman–Crippen MR) is 105 cm³/mol. The lowest BCUT2D eigenvalue weighted by molar-refractivity contribution is -0.0120. The fourth-order valence-corrected chi connectivity index (χ4v) is 5.91. The molecule has 1 heterocycles. The van der Waals surface area contributed by atoms with Crippen molar-refractivity contribution < 1.29 is 14.1 Å². The third kappa shape index (κ3) is 3.21. The van der Waals surface area contributed by atoms with Crippen molar-refractivity contribution in [3.8, 4) is 5.75 Å². The molecule has 5 nitrogen and oxygen atoms in total. The number of carbonyl (C=O) groups is 1. The summed E-state index contributed by atoms with van der Waals surface area (Å²) in [4.78, 5) is 13.0. The number of benzene rings is 1. The highest BCUT2D eigenvalue weighted by Gasteiger charge is 2.48. The Hall–Kier alpha value is -2.30. The van der Waals surface area contributed by atoms with Crippen LogP contribution >= 0.6 is 0 Å². The van der Waals surface area contributed by atoms with Crippen molar-refractivity contribution in [1.82, 2.24) is 10.5 Å². The summed E-state index contributed by atoms with van der Waals surface area (Å²) in [5.41, 5.74) is 2.30. The number of ether oxygens (including phenoxy) is 1. The van der Waals surface area contributed by atoms with Crippen LogP contribution in [0.15, 0.2) is 28.8 Å². The predicted octanol–water partition coefficient (Wildman–Crippen LogP) is 4.42. The molecular formula is C23H28N2O3. The van der Waals surface area contributed by atoms with Crippen molar-refractivity contribution in [1.29, 1.82) is 0 Å². The highest BCUT2D eigenvalue weighted by Crippen LogP contribution is 2.53. The van der Waals surface area contributed by atoms with Gasteiger partial charge in [-0.3, -0.25) is 4.79 Å². The quantitative estimate of drug-likeness (QED) is 0.834. The molecule has 5 heteroatoms. The van der Waals surface area contributed by atoms with Crippen LogP contribution in [-0.2, 0) is 6.61 Å². The summed E-state index contributed by atoms with van der Waals surface area (Å²) in [7, 11) is 0. The molecule has 0 aliphatic heterocycles. The molecule has 148 valence electrons. The number of nitrogens with one attached hydrogen (secondary N) is 1. The largest absolute Gasteiger partial charge is 0.489 e. The van der Waals surface area contributed by atoms with Gasteiger partial charge in [0.15, 0.2) is 5.69 Å². The van der Waals surface area contributed by atoms with Crippen LogP contribution < -0.4 is 10.1 Å². The average Bonchev–Trinajstić information content (AvgIpc) is 3.04. The number of hydrogen-bond donors (Lipinski definition) is 1. The molecule has 0 saturated heterocycles. The van der Waals surface area contributed by atoms with Crippen LogP contribution in [0.25, 0.3) is 0 Å². The standard InChI is InChI=1S/C23H28N2O3/c1-13-3-5-19(6-4-13)27-12-20-14(2)28-25-22(20)23(26)24-21-17-8-15-7-16(10-17)11-18(21)9-15/h3-6,15-18,21H,7-12H2,1-2H3,(H,24,26). The van der Waals surface area contributed by atoms with Gasteiger partial charge >= 0.3 is 0 Å². The lowest BCUT2D eigenvalue weighted by Crippen LogP contribution is -2.55. The molecule has 1 aromatic heterocycles. The normalized spacial score (nSPS) is 30.4. The Bertz CT molecular complexity index is 842. The van der Waals surface area contributed by atoms with E-state index >= 15 is 0 Å². The molecule has 0 radical (unpaired) electrons. The highest BCUT2D eigenvalue weighted by molar-refractivity contribution is 5.94. The molecule has 4 bridgehead atoms. The molecule has 1 N–H and O–H groups in total. The van der Waals surface area contributed by atoms with Gasteiger partial charge in [0, 0.05) is 6.04 Å². The van der Waals surface area contributed by atoms with E-state index in [1.165, 1.54) is 37.7 Å². The van der Waals surface area contributed by atoms with Gasteiger partial charge in [0.05, 0.1) is 5.56 Å². The van der Waals surface area contributed by atoms with E-state index in [0.717, 1.165) is 23.1 Å². The second-order valence-electron chi connectivity index (χ2n) is 9.10. The van der Waals surface area contributed by atoms with Crippen LogP contribution in [0, 0.1) is 37.5 Å². The number of aromatic nitrogens is 1. The molecule has 2 aromatic rings. The van der Waals surface area contributed by atoms with Gasteiger partial charge in [-0.1, -0.05) is 22.9 Å². The summed E-state index contributed by atoms with van der Waals surface area (Å²) in [5, 5.41) is 7.38. The van der Waals surface area contributed by atoms with Crippen molar-refractivity contribution in [2.24, 2.45) is 23.7 Å².